The third-order valence-corrected chi connectivity index (χ3v) is 5.62. The largest absolute Gasteiger partial charge is 0.350 e. The first-order chi connectivity index (χ1) is 11.9. The van der Waals surface area contributed by atoms with Crippen molar-refractivity contribution < 1.29 is 13.2 Å². The van der Waals surface area contributed by atoms with E-state index in [-0.39, 0.29) is 18.9 Å². The van der Waals surface area contributed by atoms with Crippen molar-refractivity contribution in [3.8, 4) is 0 Å². The average Bonchev–Trinajstić information content (AvgIpc) is 2.60. The third kappa shape index (κ3) is 7.36. The van der Waals surface area contributed by atoms with Crippen LogP contribution in [0.15, 0.2) is 36.0 Å². The molecule has 0 saturated heterocycles. The summed E-state index contributed by atoms with van der Waals surface area (Å²) >= 11 is 0. The SMILES string of the molecule is CS(=O)(=O)N(CCC(=O)NCc1ccccn1)CCC1=CCCCC1. The van der Waals surface area contributed by atoms with Crippen molar-refractivity contribution in [2.75, 3.05) is 19.3 Å². The lowest BCUT2D eigenvalue weighted by Crippen LogP contribution is -2.35. The number of rotatable bonds is 9. The zero-order valence-corrected chi connectivity index (χ0v) is 15.6. The molecular weight excluding hydrogens is 338 g/mol. The number of nitrogens with zero attached hydrogens (tertiary/aromatic N) is 2. The number of hydrogen-bond acceptors (Lipinski definition) is 4. The van der Waals surface area contributed by atoms with Gasteiger partial charge < -0.3 is 5.32 Å². The summed E-state index contributed by atoms with van der Waals surface area (Å²) in [7, 11) is -3.31. The van der Waals surface area contributed by atoms with Crippen molar-refractivity contribution >= 4 is 15.9 Å². The Bertz CT molecular complexity index is 687. The highest BCUT2D eigenvalue weighted by atomic mass is 32.2. The molecule has 6 nitrogen and oxygen atoms in total. The van der Waals surface area contributed by atoms with Gasteiger partial charge in [0, 0.05) is 25.7 Å². The topological polar surface area (TPSA) is 79.4 Å². The van der Waals surface area contributed by atoms with Crippen LogP contribution in [0.5, 0.6) is 0 Å². The molecule has 1 amide bonds. The number of carbonyl (C=O) groups excluding carboxylic acids is 1. The molecule has 0 unspecified atom stereocenters. The van der Waals surface area contributed by atoms with E-state index in [0.717, 1.165) is 25.0 Å². The Morgan fingerprint density at radius 3 is 2.76 bits per heavy atom. The van der Waals surface area contributed by atoms with Crippen molar-refractivity contribution in [2.24, 2.45) is 0 Å². The van der Waals surface area contributed by atoms with Gasteiger partial charge in [0.15, 0.2) is 0 Å². The molecule has 0 aromatic carbocycles. The van der Waals surface area contributed by atoms with Crippen molar-refractivity contribution in [3.05, 3.63) is 41.7 Å². The highest BCUT2D eigenvalue weighted by Crippen LogP contribution is 2.20. The van der Waals surface area contributed by atoms with Gasteiger partial charge in [0.1, 0.15) is 0 Å². The van der Waals surface area contributed by atoms with Gasteiger partial charge in [-0.3, -0.25) is 9.78 Å². The maximum Gasteiger partial charge on any atom is 0.221 e. The van der Waals surface area contributed by atoms with Crippen LogP contribution in [0, 0.1) is 0 Å². The first-order valence-electron chi connectivity index (χ1n) is 8.75. The lowest BCUT2D eigenvalue weighted by molar-refractivity contribution is -0.121. The lowest BCUT2D eigenvalue weighted by atomic mass is 9.97. The minimum atomic E-state index is -3.31. The molecule has 0 fully saturated rings. The van der Waals surface area contributed by atoms with E-state index in [4.69, 9.17) is 0 Å². The summed E-state index contributed by atoms with van der Waals surface area (Å²) in [5.74, 6) is -0.170. The summed E-state index contributed by atoms with van der Waals surface area (Å²) in [5.41, 5.74) is 2.11. The van der Waals surface area contributed by atoms with E-state index in [9.17, 15) is 13.2 Å². The molecule has 0 aliphatic heterocycles. The van der Waals surface area contributed by atoms with Crippen LogP contribution in [0.3, 0.4) is 0 Å². The molecule has 1 heterocycles. The Morgan fingerprint density at radius 1 is 1.28 bits per heavy atom. The number of carbonyl (C=O) groups is 1. The van der Waals surface area contributed by atoms with Crippen molar-refractivity contribution in [1.82, 2.24) is 14.6 Å². The molecule has 1 aromatic rings. The van der Waals surface area contributed by atoms with Gasteiger partial charge >= 0.3 is 0 Å². The molecule has 0 radical (unpaired) electrons. The fourth-order valence-electron chi connectivity index (χ4n) is 2.85. The van der Waals surface area contributed by atoms with Gasteiger partial charge in [-0.1, -0.05) is 17.7 Å². The molecule has 2 rings (SSSR count). The van der Waals surface area contributed by atoms with Crippen LogP contribution in [-0.2, 0) is 21.4 Å². The second kappa shape index (κ2) is 9.68. The van der Waals surface area contributed by atoms with Gasteiger partial charge in [-0.2, -0.15) is 0 Å². The molecule has 0 atom stereocenters. The maximum atomic E-state index is 12.0. The summed E-state index contributed by atoms with van der Waals surface area (Å²) in [6.45, 7) is 1.00. The lowest BCUT2D eigenvalue weighted by Gasteiger charge is -2.21. The summed E-state index contributed by atoms with van der Waals surface area (Å²) < 4.78 is 25.3. The molecule has 25 heavy (non-hydrogen) atoms. The van der Waals surface area contributed by atoms with Crippen LogP contribution in [0.4, 0.5) is 0 Å². The predicted molar refractivity (Wildman–Crippen MR) is 98.3 cm³/mol. The van der Waals surface area contributed by atoms with Crippen LogP contribution in [-0.4, -0.2) is 43.0 Å². The molecule has 1 aliphatic rings. The number of aromatic nitrogens is 1. The molecule has 7 heteroatoms. The fourth-order valence-corrected chi connectivity index (χ4v) is 3.70. The Hall–Kier alpha value is -1.73. The minimum absolute atomic E-state index is 0.152. The quantitative estimate of drug-likeness (QED) is 0.681. The van der Waals surface area contributed by atoms with Crippen molar-refractivity contribution in [2.45, 2.75) is 45.1 Å². The second-order valence-electron chi connectivity index (χ2n) is 6.37. The van der Waals surface area contributed by atoms with Gasteiger partial charge in [0.2, 0.25) is 15.9 Å². The van der Waals surface area contributed by atoms with Crippen molar-refractivity contribution in [1.29, 1.82) is 0 Å². The molecule has 138 valence electrons. The Labute approximate surface area is 150 Å². The Kier molecular flexibility index (Phi) is 7.58. The fraction of sp³-hybridized carbons (Fsp3) is 0.556. The summed E-state index contributed by atoms with van der Waals surface area (Å²) in [5, 5.41) is 2.78. The van der Waals surface area contributed by atoms with Gasteiger partial charge in [0.25, 0.3) is 0 Å². The van der Waals surface area contributed by atoms with E-state index in [1.54, 1.807) is 6.20 Å². The first-order valence-corrected chi connectivity index (χ1v) is 10.6. The Morgan fingerprint density at radius 2 is 2.12 bits per heavy atom. The summed E-state index contributed by atoms with van der Waals surface area (Å²) in [6, 6.07) is 5.51. The van der Waals surface area contributed by atoms with Crippen LogP contribution in [0.2, 0.25) is 0 Å². The highest BCUT2D eigenvalue weighted by molar-refractivity contribution is 7.88. The molecule has 1 aliphatic carbocycles. The number of pyridine rings is 1. The van der Waals surface area contributed by atoms with E-state index in [1.165, 1.54) is 29.0 Å². The zero-order valence-electron chi connectivity index (χ0n) is 14.8. The molecular formula is C18H27N3O3S. The van der Waals surface area contributed by atoms with E-state index in [1.807, 2.05) is 18.2 Å². The van der Waals surface area contributed by atoms with Crippen LogP contribution >= 0.6 is 0 Å². The predicted octanol–water partition coefficient (Wildman–Crippen LogP) is 2.24. The van der Waals surface area contributed by atoms with Gasteiger partial charge in [-0.05, 0) is 44.2 Å². The number of allylic oxidation sites excluding steroid dienone is 1. The van der Waals surface area contributed by atoms with E-state index in [2.05, 4.69) is 16.4 Å². The van der Waals surface area contributed by atoms with Gasteiger partial charge in [0.05, 0.1) is 18.5 Å². The van der Waals surface area contributed by atoms with Crippen LogP contribution < -0.4 is 5.32 Å². The van der Waals surface area contributed by atoms with Crippen molar-refractivity contribution in [3.63, 3.8) is 0 Å². The molecule has 1 aromatic heterocycles. The normalized spacial score (nSPS) is 15.0. The van der Waals surface area contributed by atoms with E-state index in [0.29, 0.717) is 13.1 Å². The highest BCUT2D eigenvalue weighted by Gasteiger charge is 2.18. The van der Waals surface area contributed by atoms with Crippen LogP contribution in [0.25, 0.3) is 0 Å². The number of hydrogen-bond donors (Lipinski definition) is 1. The van der Waals surface area contributed by atoms with Crippen LogP contribution in [0.1, 0.15) is 44.2 Å². The number of nitrogens with one attached hydrogen (secondary N) is 1. The standard InChI is InChI=1S/C18H27N3O3S/c1-25(23,24)21(13-10-16-7-3-2-4-8-16)14-11-18(22)20-15-17-9-5-6-12-19-17/h5-7,9,12H,2-4,8,10-11,13-15H2,1H3,(H,20,22). The van der Waals surface area contributed by atoms with Gasteiger partial charge in [-0.15, -0.1) is 0 Å². The molecule has 1 N–H and O–H groups in total. The Balaban J connectivity index is 1.78. The molecule has 0 spiro atoms. The van der Waals surface area contributed by atoms with E-state index >= 15 is 0 Å². The van der Waals surface area contributed by atoms with E-state index < -0.39 is 10.0 Å². The molecule has 0 bridgehead atoms. The zero-order chi connectivity index (χ0) is 18.1. The monoisotopic (exact) mass is 365 g/mol. The van der Waals surface area contributed by atoms with Gasteiger partial charge in [-0.25, -0.2) is 12.7 Å². The maximum absolute atomic E-state index is 12.0. The number of sulfonamides is 1. The summed E-state index contributed by atoms with van der Waals surface area (Å²) in [4.78, 5) is 16.1. The average molecular weight is 365 g/mol. The first kappa shape index (κ1) is 19.6. The second-order valence-corrected chi connectivity index (χ2v) is 8.35. The summed E-state index contributed by atoms with van der Waals surface area (Å²) in [6.07, 6.45) is 10.6. The smallest absolute Gasteiger partial charge is 0.221 e. The number of amides is 1. The molecule has 0 saturated carbocycles. The third-order valence-electron chi connectivity index (χ3n) is 4.32. The minimum Gasteiger partial charge on any atom is -0.350 e.